The van der Waals surface area contributed by atoms with Crippen LogP contribution in [-0.2, 0) is 20.4 Å². The standard InChI is InChI=1S/C6H7.Ti.2H/c1-6-4-2-3-5-6;;;/h2,4H,3H2,1H3;;;/q;+2;2*-1. The molecule has 0 N–H and O–H groups in total. The number of hydrogen-bond donors (Lipinski definition) is 0. The Labute approximate surface area is 58.7 Å². The van der Waals surface area contributed by atoms with E-state index in [-0.39, 0.29) is 2.85 Å². The van der Waals surface area contributed by atoms with Crippen LogP contribution < -0.4 is 0 Å². The summed E-state index contributed by atoms with van der Waals surface area (Å²) in [5.74, 6) is 0. The smallest absolute Gasteiger partial charge is 1.00 e. The van der Waals surface area contributed by atoms with Gasteiger partial charge in [-0.1, -0.05) is 0 Å². The van der Waals surface area contributed by atoms with Crippen LogP contribution in [0.1, 0.15) is 16.2 Å². The van der Waals surface area contributed by atoms with E-state index < -0.39 is 0 Å². The van der Waals surface area contributed by atoms with Crippen molar-refractivity contribution in [3.8, 4) is 0 Å². The fraction of sp³-hybridized carbons (Fsp3) is 0.333. The maximum absolute atomic E-state index is 2.20. The van der Waals surface area contributed by atoms with Gasteiger partial charge in [0.25, 0.3) is 0 Å². The third-order valence-electron chi connectivity index (χ3n) is 1.17. The van der Waals surface area contributed by atoms with E-state index in [4.69, 9.17) is 0 Å². The third-order valence-corrected chi connectivity index (χ3v) is 2.10. The molecule has 0 aromatic carbocycles. The summed E-state index contributed by atoms with van der Waals surface area (Å²) in [6.45, 7) is 2.15. The first-order chi connectivity index (χ1) is 3.30. The van der Waals surface area contributed by atoms with E-state index in [2.05, 4.69) is 39.5 Å². The molecule has 0 nitrogen and oxygen atoms in total. The molecular weight excluding hydrogens is 120 g/mol. The minimum Gasteiger partial charge on any atom is -1.00 e. The van der Waals surface area contributed by atoms with Crippen LogP contribution in [0.4, 0.5) is 0 Å². The molecule has 0 heterocycles. The first kappa shape index (κ1) is 5.33. The van der Waals surface area contributed by atoms with Crippen LogP contribution in [0.15, 0.2) is 21.6 Å². The van der Waals surface area contributed by atoms with Gasteiger partial charge in [-0.15, -0.1) is 0 Å². The largest absolute Gasteiger partial charge is 1.00 e. The molecule has 1 aliphatic carbocycles. The first-order valence-corrected chi connectivity index (χ1v) is 3.16. The molecule has 0 unspecified atom stereocenters. The molecular formula is C6H9Ti. The summed E-state index contributed by atoms with van der Waals surface area (Å²) in [6.07, 6.45) is 5.55. The van der Waals surface area contributed by atoms with E-state index in [0.717, 1.165) is 0 Å². The summed E-state index contributed by atoms with van der Waals surface area (Å²) < 4.78 is 1.51. The van der Waals surface area contributed by atoms with E-state index in [1.54, 1.807) is 0 Å². The second kappa shape index (κ2) is 1.98. The molecule has 1 rings (SSSR count). The predicted molar refractivity (Wildman–Crippen MR) is 28.7 cm³/mol. The maximum Gasteiger partial charge on any atom is -1.00 e. The Kier molecular flexibility index (Phi) is 1.51. The zero-order chi connectivity index (χ0) is 5.28. The van der Waals surface area contributed by atoms with Crippen molar-refractivity contribution in [2.75, 3.05) is 0 Å². The zero-order valence-electron chi connectivity index (χ0n) is 6.36. The van der Waals surface area contributed by atoms with Crippen molar-refractivity contribution in [1.82, 2.24) is 0 Å². The Morgan fingerprint density at radius 1 is 1.86 bits per heavy atom. The van der Waals surface area contributed by atoms with Crippen LogP contribution in [-0.4, -0.2) is 0 Å². The molecule has 0 bridgehead atoms. The molecule has 37 valence electrons. The van der Waals surface area contributed by atoms with Crippen molar-refractivity contribution < 1.29 is 23.3 Å². The number of hydrogen-bond acceptors (Lipinski definition) is 0. The van der Waals surface area contributed by atoms with E-state index in [9.17, 15) is 0 Å². The first-order valence-electron chi connectivity index (χ1n) is 2.38. The normalized spacial score (nSPS) is 19.3. The fourth-order valence-corrected chi connectivity index (χ4v) is 0.929. The van der Waals surface area contributed by atoms with Crippen molar-refractivity contribution >= 4 is 0 Å². The number of rotatable bonds is 0. The van der Waals surface area contributed by atoms with Gasteiger partial charge < -0.3 is 2.85 Å². The summed E-state index contributed by atoms with van der Waals surface area (Å²) >= 11 is 2.18. The SMILES string of the molecule is CC1=[C]([Ti+2])CC=C1.[H-].[H-]. The molecule has 0 aromatic rings. The summed E-state index contributed by atoms with van der Waals surface area (Å²) in [5, 5.41) is 0. The van der Waals surface area contributed by atoms with Gasteiger partial charge in [-0.05, 0) is 0 Å². The summed E-state index contributed by atoms with van der Waals surface area (Å²) in [6, 6.07) is 0. The van der Waals surface area contributed by atoms with Gasteiger partial charge >= 0.3 is 55.4 Å². The molecule has 0 fully saturated rings. The number of allylic oxidation sites excluding steroid dienone is 4. The average Bonchev–Trinajstić information content (AvgIpc) is 1.91. The van der Waals surface area contributed by atoms with Gasteiger partial charge in [0, 0.05) is 0 Å². The van der Waals surface area contributed by atoms with Crippen molar-refractivity contribution in [1.29, 1.82) is 0 Å². The third kappa shape index (κ3) is 1.05. The van der Waals surface area contributed by atoms with Gasteiger partial charge in [-0.25, -0.2) is 0 Å². The Morgan fingerprint density at radius 3 is 2.71 bits per heavy atom. The Hall–Kier alpha value is 0.194. The summed E-state index contributed by atoms with van der Waals surface area (Å²) in [7, 11) is 0. The topological polar surface area (TPSA) is 0 Å². The maximum atomic E-state index is 2.20. The molecule has 7 heavy (non-hydrogen) atoms. The molecule has 0 amide bonds. The van der Waals surface area contributed by atoms with E-state index >= 15 is 0 Å². The van der Waals surface area contributed by atoms with Gasteiger partial charge in [0.2, 0.25) is 0 Å². The molecule has 1 heteroatoms. The van der Waals surface area contributed by atoms with E-state index in [1.165, 1.54) is 15.9 Å². The van der Waals surface area contributed by atoms with Gasteiger partial charge in [0.1, 0.15) is 0 Å². The van der Waals surface area contributed by atoms with Crippen LogP contribution in [0, 0.1) is 0 Å². The minimum atomic E-state index is 0. The van der Waals surface area contributed by atoms with Crippen molar-refractivity contribution in [2.24, 2.45) is 0 Å². The van der Waals surface area contributed by atoms with E-state index in [1.807, 2.05) is 0 Å². The predicted octanol–water partition coefficient (Wildman–Crippen LogP) is 1.99. The molecule has 0 atom stereocenters. The Balaban J connectivity index is 0. The molecule has 0 saturated carbocycles. The Bertz CT molecular complexity index is 138. The fourth-order valence-electron chi connectivity index (χ4n) is 0.615. The molecule has 0 radical (unpaired) electrons. The molecule has 1 aliphatic rings. The summed E-state index contributed by atoms with van der Waals surface area (Å²) in [4.78, 5) is 0. The minimum absolute atomic E-state index is 0. The molecule has 0 aliphatic heterocycles. The quantitative estimate of drug-likeness (QED) is 0.438. The van der Waals surface area contributed by atoms with Crippen molar-refractivity contribution in [2.45, 2.75) is 13.3 Å². The van der Waals surface area contributed by atoms with Crippen molar-refractivity contribution in [3.05, 3.63) is 21.6 Å². The van der Waals surface area contributed by atoms with Crippen LogP contribution in [0.3, 0.4) is 0 Å². The second-order valence-electron chi connectivity index (χ2n) is 1.77. The molecule has 0 saturated heterocycles. The van der Waals surface area contributed by atoms with Gasteiger partial charge in [-0.3, -0.25) is 0 Å². The summed E-state index contributed by atoms with van der Waals surface area (Å²) in [5.41, 5.74) is 1.44. The van der Waals surface area contributed by atoms with Crippen molar-refractivity contribution in [3.63, 3.8) is 0 Å². The zero-order valence-corrected chi connectivity index (χ0v) is 5.92. The van der Waals surface area contributed by atoms with Gasteiger partial charge in [0.15, 0.2) is 0 Å². The van der Waals surface area contributed by atoms with Crippen LogP contribution in [0.5, 0.6) is 0 Å². The monoisotopic (exact) mass is 129 g/mol. The van der Waals surface area contributed by atoms with Gasteiger partial charge in [0.05, 0.1) is 0 Å². The Morgan fingerprint density at radius 2 is 2.57 bits per heavy atom. The van der Waals surface area contributed by atoms with E-state index in [0.29, 0.717) is 0 Å². The van der Waals surface area contributed by atoms with Crippen LogP contribution >= 0.6 is 0 Å². The van der Waals surface area contributed by atoms with Crippen LogP contribution in [0.2, 0.25) is 0 Å². The van der Waals surface area contributed by atoms with Crippen LogP contribution in [0.25, 0.3) is 0 Å². The van der Waals surface area contributed by atoms with Gasteiger partial charge in [-0.2, -0.15) is 0 Å². The molecule has 0 aromatic heterocycles. The average molecular weight is 129 g/mol. The molecule has 0 spiro atoms. The second-order valence-corrected chi connectivity index (χ2v) is 2.71.